The quantitative estimate of drug-likeness (QED) is 0.159. The van der Waals surface area contributed by atoms with Crippen molar-refractivity contribution in [2.45, 2.75) is 0 Å². The Labute approximate surface area is 480 Å². The number of benzene rings is 13. The fraction of sp³-hybridized carbons (Fsp3) is 0. The van der Waals surface area contributed by atoms with Crippen LogP contribution in [0.25, 0.3) is 165 Å². The van der Waals surface area contributed by atoms with Crippen LogP contribution < -0.4 is 0 Å². The molecule has 0 aliphatic carbocycles. The Morgan fingerprint density at radius 3 is 0.452 bits per heavy atom. The number of hydrogen-bond acceptors (Lipinski definition) is 0. The molecule has 0 amide bonds. The molecule has 0 bridgehead atoms. The Morgan fingerprint density at radius 1 is 0.119 bits per heavy atom. The van der Waals surface area contributed by atoms with E-state index in [2.05, 4.69) is 319 Å². The van der Waals surface area contributed by atoms with Gasteiger partial charge in [0, 0.05) is 98.8 Å². The summed E-state index contributed by atoms with van der Waals surface area (Å²) in [5, 5.41) is 14.8. The van der Waals surface area contributed by atoms with Gasteiger partial charge in [-0.15, -0.1) is 0 Å². The minimum Gasteiger partial charge on any atom is -0.309 e. The van der Waals surface area contributed by atoms with Gasteiger partial charge >= 0.3 is 0 Å². The van der Waals surface area contributed by atoms with E-state index >= 15 is 0 Å². The lowest BCUT2D eigenvalue weighted by atomic mass is 10.1. The largest absolute Gasteiger partial charge is 0.309 e. The summed E-state index contributed by atoms with van der Waals surface area (Å²) in [5.41, 5.74) is 20.8. The molecule has 0 atom stereocenters. The van der Waals surface area contributed by atoms with E-state index in [1.807, 2.05) is 0 Å². The van der Waals surface area contributed by atoms with Gasteiger partial charge in [-0.25, -0.2) is 0 Å². The van der Waals surface area contributed by atoms with Crippen LogP contribution in [0.1, 0.15) is 0 Å². The summed E-state index contributed by atoms with van der Waals surface area (Å²) in [6.07, 6.45) is 0. The Hall–Kier alpha value is -11.3. The van der Waals surface area contributed by atoms with Crippen molar-refractivity contribution in [1.29, 1.82) is 0 Å². The molecule has 0 N–H and O–H groups in total. The molecule has 0 spiro atoms. The number of para-hydroxylation sites is 8. The lowest BCUT2D eigenvalue weighted by Gasteiger charge is -2.13. The predicted octanol–water partition coefficient (Wildman–Crippen LogP) is 20.3. The van der Waals surface area contributed by atoms with Crippen molar-refractivity contribution in [1.82, 2.24) is 27.4 Å². The minimum atomic E-state index is 1.09. The van der Waals surface area contributed by atoms with Crippen molar-refractivity contribution in [2.75, 3.05) is 0 Å². The molecule has 6 aromatic heterocycles. The van der Waals surface area contributed by atoms with E-state index in [9.17, 15) is 0 Å². The first-order valence-electron chi connectivity index (χ1n) is 28.9. The molecule has 19 rings (SSSR count). The van der Waals surface area contributed by atoms with Crippen LogP contribution in [0.4, 0.5) is 0 Å². The summed E-state index contributed by atoms with van der Waals surface area (Å²) in [5.74, 6) is 0. The topological polar surface area (TPSA) is 29.6 Å². The summed E-state index contributed by atoms with van der Waals surface area (Å²) in [7, 11) is 0. The fourth-order valence-corrected chi connectivity index (χ4v) is 14.7. The lowest BCUT2D eigenvalue weighted by Crippen LogP contribution is -1.99. The van der Waals surface area contributed by atoms with Crippen molar-refractivity contribution in [2.24, 2.45) is 0 Å². The van der Waals surface area contributed by atoms with Gasteiger partial charge in [-0.1, -0.05) is 146 Å². The molecule has 390 valence electrons. The van der Waals surface area contributed by atoms with Gasteiger partial charge in [0.05, 0.1) is 66.2 Å². The molecule has 0 unspecified atom stereocenters. The van der Waals surface area contributed by atoms with Crippen LogP contribution in [0.5, 0.6) is 0 Å². The second kappa shape index (κ2) is 17.1. The third kappa shape index (κ3) is 6.23. The van der Waals surface area contributed by atoms with Crippen molar-refractivity contribution in [3.8, 4) is 34.1 Å². The average molecular weight is 1070 g/mol. The van der Waals surface area contributed by atoms with E-state index in [1.54, 1.807) is 0 Å². The van der Waals surface area contributed by atoms with Crippen molar-refractivity contribution in [3.05, 3.63) is 291 Å². The predicted molar refractivity (Wildman–Crippen MR) is 352 cm³/mol. The third-order valence-corrected chi connectivity index (χ3v) is 18.2. The fourth-order valence-electron chi connectivity index (χ4n) is 14.7. The SMILES string of the molecule is c1ccc2c(c1)c1ccccc1n2-c1ccc2c(c1)c1cc(-n3c4ccccc4c4ccccc43)ccc1n2-c1ccc(-n2c3ccc(-n4c5ccccc5c5ccccc54)cc3c3cc(-n4c5ccccc5c5ccccc54)ccc32)cc1. The van der Waals surface area contributed by atoms with Gasteiger partial charge in [0.1, 0.15) is 0 Å². The smallest absolute Gasteiger partial charge is 0.0542 e. The normalized spacial score (nSPS) is 12.3. The molecule has 6 heteroatoms. The molecule has 19 aromatic rings. The summed E-state index contributed by atoms with van der Waals surface area (Å²) in [4.78, 5) is 0. The molecule has 0 radical (unpaired) electrons. The van der Waals surface area contributed by atoms with Gasteiger partial charge in [0.25, 0.3) is 0 Å². The van der Waals surface area contributed by atoms with Crippen LogP contribution in [0.2, 0.25) is 0 Å². The first-order valence-corrected chi connectivity index (χ1v) is 28.9. The highest BCUT2D eigenvalue weighted by Crippen LogP contribution is 2.43. The highest BCUT2D eigenvalue weighted by molar-refractivity contribution is 6.16. The van der Waals surface area contributed by atoms with E-state index in [0.29, 0.717) is 0 Å². The molecule has 6 heterocycles. The molecule has 0 saturated heterocycles. The first-order chi connectivity index (χ1) is 41.7. The molecule has 84 heavy (non-hydrogen) atoms. The molecule has 13 aromatic carbocycles. The van der Waals surface area contributed by atoms with Crippen LogP contribution in [0.3, 0.4) is 0 Å². The Bertz CT molecular complexity index is 5070. The van der Waals surface area contributed by atoms with Crippen LogP contribution in [-0.4, -0.2) is 27.4 Å². The molecular weight excluding hydrogens is 1020 g/mol. The number of rotatable bonds is 6. The van der Waals surface area contributed by atoms with Crippen LogP contribution in [0, 0.1) is 0 Å². The number of fused-ring (bicyclic) bond motifs is 18. The second-order valence-electron chi connectivity index (χ2n) is 22.5. The van der Waals surface area contributed by atoms with E-state index in [4.69, 9.17) is 0 Å². The third-order valence-electron chi connectivity index (χ3n) is 18.2. The standard InChI is InChI=1S/C78H48N6/c1-9-25-67-55(17-1)56-18-2-10-26-68(56)81(67)51-37-41-75-63(45-51)64-46-52(82-69-27-11-3-19-57(69)58-20-4-12-28-70(58)82)38-42-76(64)79(75)49-33-35-50(36-34-49)80-77-43-39-53(83-71-29-13-5-21-59(71)60-22-6-14-30-72(60)83)47-65(77)66-48-54(40-44-78(66)80)84-73-31-15-7-23-61(73)62-24-8-16-32-74(62)84/h1-48H. The summed E-state index contributed by atoms with van der Waals surface area (Å²) >= 11 is 0. The summed E-state index contributed by atoms with van der Waals surface area (Å²) in [6, 6.07) is 108. The Balaban J connectivity index is 0.823. The zero-order valence-corrected chi connectivity index (χ0v) is 45.4. The minimum absolute atomic E-state index is 1.09. The van der Waals surface area contributed by atoms with Crippen molar-refractivity contribution >= 4 is 131 Å². The van der Waals surface area contributed by atoms with Gasteiger partial charge in [-0.2, -0.15) is 0 Å². The van der Waals surface area contributed by atoms with Gasteiger partial charge in [-0.3, -0.25) is 0 Å². The Kier molecular flexibility index (Phi) is 9.24. The second-order valence-corrected chi connectivity index (χ2v) is 22.5. The average Bonchev–Trinajstić information content (AvgIpc) is 3.39. The number of hydrogen-bond donors (Lipinski definition) is 0. The number of nitrogens with zero attached hydrogens (tertiary/aromatic N) is 6. The molecule has 0 fully saturated rings. The van der Waals surface area contributed by atoms with Crippen LogP contribution in [-0.2, 0) is 0 Å². The van der Waals surface area contributed by atoms with E-state index in [-0.39, 0.29) is 0 Å². The van der Waals surface area contributed by atoms with Gasteiger partial charge in [0.2, 0.25) is 0 Å². The highest BCUT2D eigenvalue weighted by Gasteiger charge is 2.22. The van der Waals surface area contributed by atoms with Crippen LogP contribution >= 0.6 is 0 Å². The maximum Gasteiger partial charge on any atom is 0.0542 e. The summed E-state index contributed by atoms with van der Waals surface area (Å²) in [6.45, 7) is 0. The zero-order chi connectivity index (χ0) is 54.7. The molecular formula is C78H48N6. The van der Waals surface area contributed by atoms with E-state index in [1.165, 1.54) is 109 Å². The van der Waals surface area contributed by atoms with E-state index in [0.717, 1.165) is 56.2 Å². The maximum atomic E-state index is 2.46. The van der Waals surface area contributed by atoms with Gasteiger partial charge in [0.15, 0.2) is 0 Å². The van der Waals surface area contributed by atoms with Crippen molar-refractivity contribution in [3.63, 3.8) is 0 Å². The molecule has 0 aliphatic heterocycles. The van der Waals surface area contributed by atoms with Gasteiger partial charge in [-0.05, 0) is 146 Å². The lowest BCUT2D eigenvalue weighted by molar-refractivity contribution is 1.13. The molecule has 0 aliphatic rings. The number of aromatic nitrogens is 6. The maximum absolute atomic E-state index is 2.46. The zero-order valence-electron chi connectivity index (χ0n) is 45.4. The summed E-state index contributed by atoms with van der Waals surface area (Å²) < 4.78 is 14.7. The molecule has 0 saturated carbocycles. The van der Waals surface area contributed by atoms with Crippen molar-refractivity contribution < 1.29 is 0 Å². The monoisotopic (exact) mass is 1070 g/mol. The highest BCUT2D eigenvalue weighted by atomic mass is 15.0. The van der Waals surface area contributed by atoms with Crippen LogP contribution in [0.15, 0.2) is 291 Å². The first kappa shape index (κ1) is 45.4. The molecule has 6 nitrogen and oxygen atoms in total. The van der Waals surface area contributed by atoms with E-state index < -0.39 is 0 Å². The Morgan fingerprint density at radius 2 is 0.262 bits per heavy atom. The van der Waals surface area contributed by atoms with Gasteiger partial charge < -0.3 is 27.4 Å².